The number of nitrogens with two attached hydrogens (primary N) is 1. The highest BCUT2D eigenvalue weighted by Crippen LogP contribution is 2.39. The molecule has 2 fully saturated rings. The second-order valence-corrected chi connectivity index (χ2v) is 6.22. The average molecular weight is 299 g/mol. The van der Waals surface area contributed by atoms with Gasteiger partial charge in [0.05, 0.1) is 13.2 Å². The van der Waals surface area contributed by atoms with E-state index in [2.05, 4.69) is 23.6 Å². The van der Waals surface area contributed by atoms with Crippen LogP contribution in [-0.2, 0) is 9.47 Å². The fourth-order valence-electron chi connectivity index (χ4n) is 4.04. The smallest absolute Gasteiger partial charge is 0.0593 e. The first-order valence-electron chi connectivity index (χ1n) is 8.59. The molecule has 2 N–H and O–H groups in total. The molecule has 3 unspecified atom stereocenters. The minimum Gasteiger partial charge on any atom is -0.380 e. The average Bonchev–Trinajstić information content (AvgIpc) is 2.91. The zero-order valence-corrected chi connectivity index (χ0v) is 13.9. The molecule has 2 bridgehead atoms. The van der Waals surface area contributed by atoms with Gasteiger partial charge in [0.1, 0.15) is 0 Å². The normalized spacial score (nSPS) is 32.0. The second-order valence-electron chi connectivity index (χ2n) is 6.22. The van der Waals surface area contributed by atoms with Crippen molar-refractivity contribution in [2.24, 2.45) is 11.7 Å². The molecule has 0 radical (unpaired) electrons. The molecule has 2 aliphatic rings. The maximum Gasteiger partial charge on any atom is 0.0593 e. The summed E-state index contributed by atoms with van der Waals surface area (Å²) in [6.45, 7) is 13.6. The van der Waals surface area contributed by atoms with E-state index in [1.807, 2.05) is 0 Å². The Kier molecular flexibility index (Phi) is 6.89. The highest BCUT2D eigenvalue weighted by molar-refractivity contribution is 5.05. The van der Waals surface area contributed by atoms with Gasteiger partial charge in [-0.05, 0) is 45.7 Å². The maximum atomic E-state index is 6.29. The lowest BCUT2D eigenvalue weighted by Gasteiger charge is -2.50. The molecule has 0 saturated carbocycles. The van der Waals surface area contributed by atoms with Gasteiger partial charge in [-0.2, -0.15) is 0 Å². The minimum absolute atomic E-state index is 0.154. The molecule has 2 rings (SSSR count). The lowest BCUT2D eigenvalue weighted by Crippen LogP contribution is -2.63. The Balaban J connectivity index is 2.03. The Morgan fingerprint density at radius 2 is 1.81 bits per heavy atom. The molecule has 0 aromatic rings. The first-order chi connectivity index (χ1) is 10.3. The van der Waals surface area contributed by atoms with Crippen molar-refractivity contribution in [2.45, 2.75) is 32.2 Å². The molecule has 2 heterocycles. The molecular formula is C16H33N3O2. The molecule has 5 heteroatoms. The Bertz CT molecular complexity index is 293. The molecule has 2 saturated heterocycles. The Hall–Kier alpha value is -0.200. The molecule has 0 spiro atoms. The summed E-state index contributed by atoms with van der Waals surface area (Å²) < 4.78 is 11.2. The fraction of sp³-hybridized carbons (Fsp3) is 1.00. The van der Waals surface area contributed by atoms with Crippen LogP contribution < -0.4 is 5.73 Å². The summed E-state index contributed by atoms with van der Waals surface area (Å²) in [5.74, 6) is 0.708. The topological polar surface area (TPSA) is 51.0 Å². The van der Waals surface area contributed by atoms with Crippen LogP contribution in [0.4, 0.5) is 0 Å². The number of hydrogen-bond acceptors (Lipinski definition) is 5. The largest absolute Gasteiger partial charge is 0.380 e. The summed E-state index contributed by atoms with van der Waals surface area (Å²) >= 11 is 0. The number of fused-ring (bicyclic) bond motifs is 2. The standard InChI is InChI=1S/C16H33N3O2/c1-3-20-11-9-19(10-12-21-4-2)16(14-17)6-8-18-7-5-15(16)13-18/h15H,3-14,17H2,1-2H3. The van der Waals surface area contributed by atoms with E-state index in [4.69, 9.17) is 15.2 Å². The maximum absolute atomic E-state index is 6.29. The van der Waals surface area contributed by atoms with Crippen LogP contribution in [0.2, 0.25) is 0 Å². The van der Waals surface area contributed by atoms with E-state index in [0.29, 0.717) is 5.92 Å². The third-order valence-electron chi connectivity index (χ3n) is 5.30. The molecule has 0 aromatic carbocycles. The third-order valence-corrected chi connectivity index (χ3v) is 5.30. The van der Waals surface area contributed by atoms with Crippen molar-refractivity contribution in [3.05, 3.63) is 0 Å². The summed E-state index contributed by atoms with van der Waals surface area (Å²) in [4.78, 5) is 5.16. The number of ether oxygens (including phenoxy) is 2. The van der Waals surface area contributed by atoms with Crippen LogP contribution in [0.1, 0.15) is 26.7 Å². The van der Waals surface area contributed by atoms with Crippen molar-refractivity contribution < 1.29 is 9.47 Å². The summed E-state index contributed by atoms with van der Waals surface area (Å²) in [6, 6.07) is 0. The van der Waals surface area contributed by atoms with Gasteiger partial charge in [-0.1, -0.05) is 0 Å². The molecule has 5 nitrogen and oxygen atoms in total. The van der Waals surface area contributed by atoms with Crippen molar-refractivity contribution in [3.8, 4) is 0 Å². The van der Waals surface area contributed by atoms with Crippen molar-refractivity contribution in [2.75, 3.05) is 65.7 Å². The zero-order valence-electron chi connectivity index (χ0n) is 13.9. The van der Waals surface area contributed by atoms with E-state index >= 15 is 0 Å². The fourth-order valence-corrected chi connectivity index (χ4v) is 4.04. The Labute approximate surface area is 129 Å². The predicted molar refractivity (Wildman–Crippen MR) is 85.5 cm³/mol. The molecule has 2 aliphatic heterocycles. The molecule has 124 valence electrons. The third kappa shape index (κ3) is 3.96. The van der Waals surface area contributed by atoms with E-state index in [-0.39, 0.29) is 5.54 Å². The number of nitrogens with zero attached hydrogens (tertiary/aromatic N) is 2. The van der Waals surface area contributed by atoms with E-state index in [9.17, 15) is 0 Å². The molecular weight excluding hydrogens is 266 g/mol. The SMILES string of the molecule is CCOCCN(CCOCC)C1(CN)CCN2CCC1C2. The van der Waals surface area contributed by atoms with Crippen LogP contribution in [0, 0.1) is 5.92 Å². The molecule has 0 aromatic heterocycles. The van der Waals surface area contributed by atoms with Gasteiger partial charge in [-0.15, -0.1) is 0 Å². The number of piperidine rings is 1. The van der Waals surface area contributed by atoms with Gasteiger partial charge in [0.2, 0.25) is 0 Å². The molecule has 0 aliphatic carbocycles. The first kappa shape index (κ1) is 17.2. The minimum atomic E-state index is 0.154. The highest BCUT2D eigenvalue weighted by atomic mass is 16.5. The van der Waals surface area contributed by atoms with Crippen molar-refractivity contribution in [3.63, 3.8) is 0 Å². The Morgan fingerprint density at radius 3 is 2.38 bits per heavy atom. The van der Waals surface area contributed by atoms with Gasteiger partial charge in [0, 0.05) is 44.9 Å². The quantitative estimate of drug-likeness (QED) is 0.604. The molecule has 0 amide bonds. The predicted octanol–water partition coefficient (Wildman–Crippen LogP) is 0.785. The van der Waals surface area contributed by atoms with E-state index in [1.54, 1.807) is 0 Å². The van der Waals surface area contributed by atoms with Gasteiger partial charge in [0.25, 0.3) is 0 Å². The van der Waals surface area contributed by atoms with Gasteiger partial charge < -0.3 is 20.1 Å². The molecule has 21 heavy (non-hydrogen) atoms. The Morgan fingerprint density at radius 1 is 1.14 bits per heavy atom. The van der Waals surface area contributed by atoms with Crippen LogP contribution in [0.5, 0.6) is 0 Å². The lowest BCUT2D eigenvalue weighted by molar-refractivity contribution is -0.0255. The van der Waals surface area contributed by atoms with E-state index in [0.717, 1.165) is 46.1 Å². The monoisotopic (exact) mass is 299 g/mol. The van der Waals surface area contributed by atoms with E-state index in [1.165, 1.54) is 32.5 Å². The molecule has 3 atom stereocenters. The zero-order chi connectivity index (χ0) is 15.1. The van der Waals surface area contributed by atoms with Gasteiger partial charge in [-0.3, -0.25) is 4.90 Å². The van der Waals surface area contributed by atoms with Gasteiger partial charge >= 0.3 is 0 Å². The summed E-state index contributed by atoms with van der Waals surface area (Å²) in [6.07, 6.45) is 2.48. The van der Waals surface area contributed by atoms with Crippen molar-refractivity contribution in [1.82, 2.24) is 9.80 Å². The first-order valence-corrected chi connectivity index (χ1v) is 8.59. The summed E-state index contributed by atoms with van der Waals surface area (Å²) in [7, 11) is 0. The second kappa shape index (κ2) is 8.44. The van der Waals surface area contributed by atoms with Crippen LogP contribution in [0.25, 0.3) is 0 Å². The van der Waals surface area contributed by atoms with E-state index < -0.39 is 0 Å². The van der Waals surface area contributed by atoms with Crippen LogP contribution in [0.15, 0.2) is 0 Å². The number of hydrogen-bond donors (Lipinski definition) is 1. The van der Waals surface area contributed by atoms with Gasteiger partial charge in [0.15, 0.2) is 0 Å². The van der Waals surface area contributed by atoms with Crippen molar-refractivity contribution >= 4 is 0 Å². The van der Waals surface area contributed by atoms with Gasteiger partial charge in [-0.25, -0.2) is 0 Å². The lowest BCUT2D eigenvalue weighted by atomic mass is 9.77. The van der Waals surface area contributed by atoms with Crippen LogP contribution in [-0.4, -0.2) is 81.0 Å². The summed E-state index contributed by atoms with van der Waals surface area (Å²) in [5, 5.41) is 0. The number of rotatable bonds is 10. The van der Waals surface area contributed by atoms with Crippen molar-refractivity contribution in [1.29, 1.82) is 0 Å². The summed E-state index contributed by atoms with van der Waals surface area (Å²) in [5.41, 5.74) is 6.44. The van der Waals surface area contributed by atoms with Crippen LogP contribution >= 0.6 is 0 Å². The van der Waals surface area contributed by atoms with Crippen LogP contribution in [0.3, 0.4) is 0 Å². The highest BCUT2D eigenvalue weighted by Gasteiger charge is 2.48.